The fourth-order valence-electron chi connectivity index (χ4n) is 2.00. The van der Waals surface area contributed by atoms with Crippen LogP contribution < -0.4 is 11.5 Å². The van der Waals surface area contributed by atoms with E-state index in [1.165, 1.54) is 60.2 Å². The van der Waals surface area contributed by atoms with Gasteiger partial charge in [-0.3, -0.25) is 9.97 Å². The number of hydrogen-bond acceptors (Lipinski definition) is 4. The molecule has 0 aliphatic carbocycles. The molecule has 2 aromatic rings. The average Bonchev–Trinajstić information content (AvgIpc) is 2.66. The Labute approximate surface area is 186 Å². The summed E-state index contributed by atoms with van der Waals surface area (Å²) >= 11 is 4.93. The second-order valence-corrected chi connectivity index (χ2v) is 7.94. The van der Waals surface area contributed by atoms with Crippen LogP contribution in [0, 0.1) is 0 Å². The molecule has 0 aromatic carbocycles. The highest BCUT2D eigenvalue weighted by atomic mass is 127. The van der Waals surface area contributed by atoms with Gasteiger partial charge in [0.05, 0.1) is 11.4 Å². The summed E-state index contributed by atoms with van der Waals surface area (Å²) in [5.41, 5.74) is 12.0. The molecule has 6 heteroatoms. The number of unbranched alkanes of at least 4 members (excludes halogenated alkanes) is 7. The summed E-state index contributed by atoms with van der Waals surface area (Å²) in [6, 6.07) is 7.20. The van der Waals surface area contributed by atoms with E-state index in [4.69, 9.17) is 11.5 Å². The second kappa shape index (κ2) is 20.7. The Kier molecular flexibility index (Phi) is 20.2. The normalized spacial score (nSPS) is 9.46. The van der Waals surface area contributed by atoms with Gasteiger partial charge in [-0.15, -0.1) is 0 Å². The van der Waals surface area contributed by atoms with Gasteiger partial charge in [0.2, 0.25) is 0 Å². The van der Waals surface area contributed by atoms with E-state index in [2.05, 4.69) is 55.1 Å². The van der Waals surface area contributed by atoms with E-state index in [0.717, 1.165) is 0 Å². The first-order valence-corrected chi connectivity index (χ1v) is 12.2. The van der Waals surface area contributed by atoms with Gasteiger partial charge in [0.1, 0.15) is 0 Å². The van der Waals surface area contributed by atoms with Crippen LogP contribution in [0.5, 0.6) is 0 Å². The predicted octanol–water partition coefficient (Wildman–Crippen LogP) is 6.30. The molecule has 2 rings (SSSR count). The number of hydrogen-bond donors (Lipinski definition) is 2. The van der Waals surface area contributed by atoms with Crippen LogP contribution in [0.25, 0.3) is 0 Å². The van der Waals surface area contributed by atoms with Gasteiger partial charge in [-0.25, -0.2) is 0 Å². The first-order chi connectivity index (χ1) is 12.7. The first kappa shape index (κ1) is 25.4. The smallest absolute Gasteiger partial charge is 0.0500 e. The number of pyridine rings is 2. The average molecular weight is 582 g/mol. The number of halogens is 2. The van der Waals surface area contributed by atoms with E-state index in [1.54, 1.807) is 49.1 Å². The Morgan fingerprint density at radius 3 is 1.15 bits per heavy atom. The van der Waals surface area contributed by atoms with Crippen molar-refractivity contribution in [1.29, 1.82) is 0 Å². The molecule has 0 spiro atoms. The number of rotatable bonds is 9. The fraction of sp³-hybridized carbons (Fsp3) is 0.500. The third kappa shape index (κ3) is 19.7. The standard InChI is InChI=1S/C10H20I2.2C5H6N2/c11-9-7-5-3-1-2-4-6-8-10-12;2*6-5-2-1-3-7-4-5/h1-10H2;2*1-4H,6H2. The van der Waals surface area contributed by atoms with Crippen LogP contribution in [0.15, 0.2) is 49.1 Å². The zero-order valence-corrected chi connectivity index (χ0v) is 19.8. The highest BCUT2D eigenvalue weighted by Crippen LogP contribution is 2.09. The van der Waals surface area contributed by atoms with Crippen molar-refractivity contribution in [3.05, 3.63) is 49.1 Å². The van der Waals surface area contributed by atoms with Crippen molar-refractivity contribution >= 4 is 56.6 Å². The third-order valence-corrected chi connectivity index (χ3v) is 4.91. The Balaban J connectivity index is 0.000000381. The van der Waals surface area contributed by atoms with E-state index >= 15 is 0 Å². The summed E-state index contributed by atoms with van der Waals surface area (Å²) in [4.78, 5) is 7.52. The van der Waals surface area contributed by atoms with Gasteiger partial charge in [-0.05, 0) is 46.0 Å². The monoisotopic (exact) mass is 582 g/mol. The van der Waals surface area contributed by atoms with E-state index in [0.29, 0.717) is 11.4 Å². The van der Waals surface area contributed by atoms with Crippen molar-refractivity contribution in [1.82, 2.24) is 9.97 Å². The largest absolute Gasteiger partial charge is 0.397 e. The third-order valence-electron chi connectivity index (χ3n) is 3.39. The molecule has 0 saturated carbocycles. The Hall–Kier alpha value is -0.640. The van der Waals surface area contributed by atoms with Crippen molar-refractivity contribution in [2.75, 3.05) is 20.3 Å². The zero-order chi connectivity index (χ0) is 19.3. The quantitative estimate of drug-likeness (QED) is 0.207. The maximum atomic E-state index is 5.30. The first-order valence-electron chi connectivity index (χ1n) is 9.13. The SMILES string of the molecule is ICCCCCCCCCCI.Nc1cccnc1.Nc1cccnc1. The van der Waals surface area contributed by atoms with Gasteiger partial charge in [0.25, 0.3) is 0 Å². The molecule has 4 nitrogen and oxygen atoms in total. The molecule has 0 radical (unpaired) electrons. The summed E-state index contributed by atoms with van der Waals surface area (Å²) in [5, 5.41) is 0. The molecular formula is C20H32I2N4. The lowest BCUT2D eigenvalue weighted by atomic mass is 10.1. The molecule has 0 amide bonds. The van der Waals surface area contributed by atoms with Gasteiger partial charge < -0.3 is 11.5 Å². The van der Waals surface area contributed by atoms with Crippen LogP contribution in [0.1, 0.15) is 51.4 Å². The van der Waals surface area contributed by atoms with Crippen LogP contribution in [0.4, 0.5) is 11.4 Å². The van der Waals surface area contributed by atoms with Gasteiger partial charge in [-0.2, -0.15) is 0 Å². The highest BCUT2D eigenvalue weighted by Gasteiger charge is 1.90. The Morgan fingerprint density at radius 1 is 0.615 bits per heavy atom. The minimum Gasteiger partial charge on any atom is -0.397 e. The van der Waals surface area contributed by atoms with Crippen LogP contribution in [0.3, 0.4) is 0 Å². The summed E-state index contributed by atoms with van der Waals surface area (Å²) < 4.78 is 2.68. The van der Waals surface area contributed by atoms with Crippen LogP contribution in [-0.2, 0) is 0 Å². The van der Waals surface area contributed by atoms with Crippen LogP contribution >= 0.6 is 45.2 Å². The number of anilines is 2. The summed E-state index contributed by atoms with van der Waals surface area (Å²) in [7, 11) is 0. The van der Waals surface area contributed by atoms with Gasteiger partial charge in [0.15, 0.2) is 0 Å². The lowest BCUT2D eigenvalue weighted by Gasteiger charge is -1.99. The van der Waals surface area contributed by atoms with Crippen molar-refractivity contribution in [2.45, 2.75) is 51.4 Å². The lowest BCUT2D eigenvalue weighted by molar-refractivity contribution is 0.589. The van der Waals surface area contributed by atoms with Crippen molar-refractivity contribution < 1.29 is 0 Å². The van der Waals surface area contributed by atoms with E-state index in [1.807, 2.05) is 0 Å². The molecule has 26 heavy (non-hydrogen) atoms. The van der Waals surface area contributed by atoms with Gasteiger partial charge in [-0.1, -0.05) is 83.7 Å². The number of nitrogens with zero attached hydrogens (tertiary/aromatic N) is 2. The van der Waals surface area contributed by atoms with Crippen molar-refractivity contribution in [2.24, 2.45) is 0 Å². The molecule has 0 aliphatic rings. The fourth-order valence-corrected chi connectivity index (χ4v) is 3.08. The molecule has 0 bridgehead atoms. The molecular weight excluding hydrogens is 550 g/mol. The molecule has 0 saturated heterocycles. The minimum absolute atomic E-state index is 0.711. The number of nitrogens with two attached hydrogens (primary N) is 2. The molecule has 0 unspecified atom stereocenters. The number of aromatic nitrogens is 2. The number of alkyl halides is 2. The Morgan fingerprint density at radius 2 is 0.962 bits per heavy atom. The second-order valence-electron chi connectivity index (χ2n) is 5.78. The van der Waals surface area contributed by atoms with Crippen LogP contribution in [-0.4, -0.2) is 18.8 Å². The van der Waals surface area contributed by atoms with E-state index in [-0.39, 0.29) is 0 Å². The summed E-state index contributed by atoms with van der Waals surface area (Å²) in [5.74, 6) is 0. The van der Waals surface area contributed by atoms with Gasteiger partial charge >= 0.3 is 0 Å². The molecule has 0 atom stereocenters. The molecule has 2 aromatic heterocycles. The topological polar surface area (TPSA) is 77.8 Å². The molecule has 0 aliphatic heterocycles. The van der Waals surface area contributed by atoms with Crippen LogP contribution in [0.2, 0.25) is 0 Å². The van der Waals surface area contributed by atoms with E-state index in [9.17, 15) is 0 Å². The highest BCUT2D eigenvalue weighted by molar-refractivity contribution is 14.1. The van der Waals surface area contributed by atoms with Crippen molar-refractivity contribution in [3.63, 3.8) is 0 Å². The molecule has 0 fully saturated rings. The van der Waals surface area contributed by atoms with Crippen molar-refractivity contribution in [3.8, 4) is 0 Å². The maximum absolute atomic E-state index is 5.30. The van der Waals surface area contributed by atoms with E-state index < -0.39 is 0 Å². The Bertz CT molecular complexity index is 450. The molecule has 2 heterocycles. The molecule has 4 N–H and O–H groups in total. The molecule has 146 valence electrons. The summed E-state index contributed by atoms with van der Waals surface area (Å²) in [6.07, 6.45) is 18.2. The maximum Gasteiger partial charge on any atom is 0.0500 e. The zero-order valence-electron chi connectivity index (χ0n) is 15.5. The summed E-state index contributed by atoms with van der Waals surface area (Å²) in [6.45, 7) is 0. The number of nitrogen functional groups attached to an aromatic ring is 2. The minimum atomic E-state index is 0.711. The van der Waals surface area contributed by atoms with Gasteiger partial charge in [0, 0.05) is 24.8 Å². The predicted molar refractivity (Wildman–Crippen MR) is 132 cm³/mol. The lowest BCUT2D eigenvalue weighted by Crippen LogP contribution is -1.82.